The predicted octanol–water partition coefficient (Wildman–Crippen LogP) is 2.46. The second kappa shape index (κ2) is 6.24. The van der Waals surface area contributed by atoms with Crippen molar-refractivity contribution in [3.05, 3.63) is 23.2 Å². The molecule has 0 aromatic carbocycles. The molecular formula is C13H15N3OS3. The van der Waals surface area contributed by atoms with Gasteiger partial charge in [-0.15, -0.1) is 11.3 Å². The number of anilines is 1. The van der Waals surface area contributed by atoms with Gasteiger partial charge >= 0.3 is 0 Å². The lowest BCUT2D eigenvalue weighted by molar-refractivity contribution is 0.0959. The number of nitrogen functional groups attached to an aromatic ring is 1. The van der Waals surface area contributed by atoms with Gasteiger partial charge in [0.25, 0.3) is 5.91 Å². The van der Waals surface area contributed by atoms with Crippen LogP contribution in [0.2, 0.25) is 0 Å². The molecule has 2 aromatic rings. The number of hydrogen-bond acceptors (Lipinski definition) is 6. The highest BCUT2D eigenvalue weighted by atomic mass is 32.2. The van der Waals surface area contributed by atoms with E-state index in [-0.39, 0.29) is 5.91 Å². The van der Waals surface area contributed by atoms with E-state index in [2.05, 4.69) is 10.3 Å². The number of thioether (sulfide) groups is 2. The molecule has 1 unspecified atom stereocenters. The van der Waals surface area contributed by atoms with Gasteiger partial charge in [0.05, 0.1) is 5.69 Å². The summed E-state index contributed by atoms with van der Waals surface area (Å²) in [5.41, 5.74) is 6.59. The Hall–Kier alpha value is -0.920. The van der Waals surface area contributed by atoms with Crippen molar-refractivity contribution in [2.45, 2.75) is 5.25 Å². The summed E-state index contributed by atoms with van der Waals surface area (Å²) in [6, 6.07) is 3.74. The summed E-state index contributed by atoms with van der Waals surface area (Å²) in [5.74, 6) is 3.40. The first-order valence-corrected chi connectivity index (χ1v) is 9.38. The molecule has 1 aliphatic heterocycles. The first-order chi connectivity index (χ1) is 9.75. The van der Waals surface area contributed by atoms with E-state index >= 15 is 0 Å². The molecule has 0 radical (unpaired) electrons. The molecule has 1 atom stereocenters. The van der Waals surface area contributed by atoms with Gasteiger partial charge in [0, 0.05) is 40.6 Å². The second-order valence-electron chi connectivity index (χ2n) is 4.48. The maximum Gasteiger partial charge on any atom is 0.263 e. The fourth-order valence-corrected chi connectivity index (χ4v) is 5.65. The average molecular weight is 325 g/mol. The van der Waals surface area contributed by atoms with E-state index in [4.69, 9.17) is 5.73 Å². The highest BCUT2D eigenvalue weighted by molar-refractivity contribution is 8.06. The van der Waals surface area contributed by atoms with E-state index < -0.39 is 0 Å². The molecule has 3 rings (SSSR count). The van der Waals surface area contributed by atoms with Crippen molar-refractivity contribution in [2.75, 3.05) is 29.5 Å². The maximum atomic E-state index is 12.3. The Labute approximate surface area is 129 Å². The molecule has 1 aliphatic rings. The molecule has 4 nitrogen and oxygen atoms in total. The molecule has 1 amide bonds. The van der Waals surface area contributed by atoms with Gasteiger partial charge in [-0.2, -0.15) is 23.5 Å². The lowest BCUT2D eigenvalue weighted by Gasteiger charge is -2.20. The Kier molecular flexibility index (Phi) is 4.38. The van der Waals surface area contributed by atoms with Crippen LogP contribution in [0, 0.1) is 0 Å². The number of rotatable bonds is 3. The summed E-state index contributed by atoms with van der Waals surface area (Å²) in [6.07, 6.45) is 1.72. The van der Waals surface area contributed by atoms with Gasteiger partial charge in [0.15, 0.2) is 0 Å². The van der Waals surface area contributed by atoms with E-state index in [1.807, 2.05) is 35.7 Å². The number of amides is 1. The number of carbonyl (C=O) groups is 1. The van der Waals surface area contributed by atoms with Gasteiger partial charge in [-0.3, -0.25) is 4.79 Å². The molecule has 1 saturated heterocycles. The molecule has 0 aliphatic carbocycles. The number of nitrogens with zero attached hydrogens (tertiary/aromatic N) is 1. The van der Waals surface area contributed by atoms with Crippen molar-refractivity contribution >= 4 is 56.7 Å². The van der Waals surface area contributed by atoms with Crippen LogP contribution >= 0.6 is 34.9 Å². The van der Waals surface area contributed by atoms with Crippen molar-refractivity contribution in [1.82, 2.24) is 10.3 Å². The Morgan fingerprint density at radius 1 is 1.50 bits per heavy atom. The maximum absolute atomic E-state index is 12.3. The number of fused-ring (bicyclic) bond motifs is 1. The normalized spacial score (nSPS) is 19.1. The van der Waals surface area contributed by atoms with Crippen molar-refractivity contribution in [3.8, 4) is 0 Å². The van der Waals surface area contributed by atoms with Crippen molar-refractivity contribution in [2.24, 2.45) is 0 Å². The SMILES string of the molecule is Nc1c(C(=O)NCC2CSCCS2)sc2ncccc12. The number of carbonyl (C=O) groups excluding carboxylic acids is 1. The standard InChI is InChI=1S/C13H15N3OS3/c14-10-9-2-1-3-15-13(9)20-11(10)12(17)16-6-8-7-18-4-5-19-8/h1-3,8H,4-7,14H2,(H,16,17). The Bertz CT molecular complexity index is 622. The summed E-state index contributed by atoms with van der Waals surface area (Å²) in [4.78, 5) is 17.9. The molecule has 106 valence electrons. The smallest absolute Gasteiger partial charge is 0.263 e. The summed E-state index contributed by atoms with van der Waals surface area (Å²) in [6.45, 7) is 0.706. The van der Waals surface area contributed by atoms with E-state index in [1.54, 1.807) is 6.20 Å². The highest BCUT2D eigenvalue weighted by Gasteiger charge is 2.19. The van der Waals surface area contributed by atoms with Gasteiger partial charge in [0.2, 0.25) is 0 Å². The van der Waals surface area contributed by atoms with Gasteiger partial charge in [-0.05, 0) is 12.1 Å². The molecular weight excluding hydrogens is 310 g/mol. The van der Waals surface area contributed by atoms with Gasteiger partial charge < -0.3 is 11.1 Å². The van der Waals surface area contributed by atoms with Crippen LogP contribution in [-0.2, 0) is 0 Å². The molecule has 20 heavy (non-hydrogen) atoms. The molecule has 0 bridgehead atoms. The highest BCUT2D eigenvalue weighted by Crippen LogP contribution is 2.32. The number of nitrogens with one attached hydrogen (secondary N) is 1. The lowest BCUT2D eigenvalue weighted by atomic mass is 10.2. The zero-order valence-corrected chi connectivity index (χ0v) is 13.2. The number of hydrogen-bond donors (Lipinski definition) is 2. The van der Waals surface area contributed by atoms with Crippen LogP contribution in [0.25, 0.3) is 10.2 Å². The zero-order valence-electron chi connectivity index (χ0n) is 10.8. The van der Waals surface area contributed by atoms with Crippen LogP contribution in [0.3, 0.4) is 0 Å². The third kappa shape index (κ3) is 2.89. The monoisotopic (exact) mass is 325 g/mol. The summed E-state index contributed by atoms with van der Waals surface area (Å²) < 4.78 is 0. The van der Waals surface area contributed by atoms with E-state index in [0.717, 1.165) is 16.0 Å². The zero-order chi connectivity index (χ0) is 13.9. The lowest BCUT2D eigenvalue weighted by Crippen LogP contribution is -2.33. The molecule has 1 fully saturated rings. The van der Waals surface area contributed by atoms with E-state index in [0.29, 0.717) is 22.4 Å². The molecule has 0 spiro atoms. The van der Waals surface area contributed by atoms with Crippen molar-refractivity contribution < 1.29 is 4.79 Å². The van der Waals surface area contributed by atoms with Crippen LogP contribution in [0.1, 0.15) is 9.67 Å². The Morgan fingerprint density at radius 2 is 2.40 bits per heavy atom. The summed E-state index contributed by atoms with van der Waals surface area (Å²) >= 11 is 5.25. The quantitative estimate of drug-likeness (QED) is 0.907. The van der Waals surface area contributed by atoms with Gasteiger partial charge in [0.1, 0.15) is 9.71 Å². The molecule has 7 heteroatoms. The van der Waals surface area contributed by atoms with Gasteiger partial charge in [-0.25, -0.2) is 4.98 Å². The minimum atomic E-state index is -0.0818. The fraction of sp³-hybridized carbons (Fsp3) is 0.385. The predicted molar refractivity (Wildman–Crippen MR) is 89.9 cm³/mol. The minimum Gasteiger partial charge on any atom is -0.397 e. The topological polar surface area (TPSA) is 68.0 Å². The minimum absolute atomic E-state index is 0.0818. The first kappa shape index (κ1) is 14.0. The van der Waals surface area contributed by atoms with E-state index in [1.165, 1.54) is 22.8 Å². The summed E-state index contributed by atoms with van der Waals surface area (Å²) in [5, 5.41) is 4.37. The van der Waals surface area contributed by atoms with Crippen LogP contribution in [-0.4, -0.2) is 39.9 Å². The largest absolute Gasteiger partial charge is 0.397 e. The molecule has 3 N–H and O–H groups in total. The number of aromatic nitrogens is 1. The van der Waals surface area contributed by atoms with Crippen molar-refractivity contribution in [1.29, 1.82) is 0 Å². The third-order valence-corrected chi connectivity index (χ3v) is 7.06. The average Bonchev–Trinajstić information content (AvgIpc) is 2.84. The number of thiophene rings is 1. The van der Waals surface area contributed by atoms with Gasteiger partial charge in [-0.1, -0.05) is 0 Å². The van der Waals surface area contributed by atoms with E-state index in [9.17, 15) is 4.79 Å². The van der Waals surface area contributed by atoms with Crippen LogP contribution in [0.5, 0.6) is 0 Å². The number of pyridine rings is 1. The third-order valence-electron chi connectivity index (χ3n) is 3.09. The summed E-state index contributed by atoms with van der Waals surface area (Å²) in [7, 11) is 0. The Balaban J connectivity index is 1.70. The number of nitrogens with two attached hydrogens (primary N) is 1. The molecule has 0 saturated carbocycles. The fourth-order valence-electron chi connectivity index (χ4n) is 2.06. The van der Waals surface area contributed by atoms with Crippen LogP contribution in [0.4, 0.5) is 5.69 Å². The molecule has 3 heterocycles. The van der Waals surface area contributed by atoms with Crippen LogP contribution < -0.4 is 11.1 Å². The molecule has 2 aromatic heterocycles. The Morgan fingerprint density at radius 3 is 3.15 bits per heavy atom. The van der Waals surface area contributed by atoms with Crippen molar-refractivity contribution in [3.63, 3.8) is 0 Å². The second-order valence-corrected chi connectivity index (χ2v) is 8.04. The van der Waals surface area contributed by atoms with Crippen LogP contribution in [0.15, 0.2) is 18.3 Å². The first-order valence-electron chi connectivity index (χ1n) is 6.36.